The summed E-state index contributed by atoms with van der Waals surface area (Å²) in [7, 11) is 0. The molecule has 0 aliphatic heterocycles. The van der Waals surface area contributed by atoms with Gasteiger partial charge in [-0.15, -0.1) is 0 Å². The summed E-state index contributed by atoms with van der Waals surface area (Å²) in [6.45, 7) is 4.73. The first-order chi connectivity index (χ1) is 8.23. The number of hydrogen-bond acceptors (Lipinski definition) is 1. The van der Waals surface area contributed by atoms with Crippen molar-refractivity contribution in [2.24, 2.45) is 23.0 Å². The standard InChI is InChI=1S/C16H31N/c1-3-13-9-5-6-10-14(13)15(17)16(4-2)11-7-8-12-16/h13-15H,3-12,17H2,1-2H3. The van der Waals surface area contributed by atoms with Crippen molar-refractivity contribution in [1.82, 2.24) is 0 Å². The summed E-state index contributed by atoms with van der Waals surface area (Å²) >= 11 is 0. The van der Waals surface area contributed by atoms with E-state index in [9.17, 15) is 0 Å². The summed E-state index contributed by atoms with van der Waals surface area (Å²) in [5.41, 5.74) is 7.27. The molecule has 3 atom stereocenters. The third kappa shape index (κ3) is 2.54. The van der Waals surface area contributed by atoms with Crippen LogP contribution in [0.3, 0.4) is 0 Å². The van der Waals surface area contributed by atoms with Crippen molar-refractivity contribution in [2.45, 2.75) is 84.1 Å². The Balaban J connectivity index is 2.08. The molecule has 2 saturated carbocycles. The molecule has 17 heavy (non-hydrogen) atoms. The zero-order chi connectivity index (χ0) is 12.3. The lowest BCUT2D eigenvalue weighted by Gasteiger charge is -2.44. The van der Waals surface area contributed by atoms with Crippen LogP contribution in [0.4, 0.5) is 0 Å². The minimum absolute atomic E-state index is 0.486. The topological polar surface area (TPSA) is 26.0 Å². The van der Waals surface area contributed by atoms with E-state index in [1.54, 1.807) is 0 Å². The fourth-order valence-electron chi connectivity index (χ4n) is 4.67. The fourth-order valence-corrected chi connectivity index (χ4v) is 4.67. The summed E-state index contributed by atoms with van der Waals surface area (Å²) in [6.07, 6.45) is 14.0. The van der Waals surface area contributed by atoms with Crippen LogP contribution >= 0.6 is 0 Å². The summed E-state index contributed by atoms with van der Waals surface area (Å²) < 4.78 is 0. The second kappa shape index (κ2) is 5.73. The monoisotopic (exact) mass is 237 g/mol. The average Bonchev–Trinajstić information content (AvgIpc) is 2.88. The van der Waals surface area contributed by atoms with E-state index in [1.807, 2.05) is 0 Å². The van der Waals surface area contributed by atoms with Crippen molar-refractivity contribution in [1.29, 1.82) is 0 Å². The Labute approximate surface area is 108 Å². The van der Waals surface area contributed by atoms with Gasteiger partial charge in [-0.2, -0.15) is 0 Å². The van der Waals surface area contributed by atoms with Gasteiger partial charge in [0, 0.05) is 6.04 Å². The molecule has 100 valence electrons. The predicted octanol–water partition coefficient (Wildman–Crippen LogP) is 4.50. The lowest BCUT2D eigenvalue weighted by Crippen LogP contribution is -2.48. The largest absolute Gasteiger partial charge is 0.327 e. The smallest absolute Gasteiger partial charge is 0.0127 e. The van der Waals surface area contributed by atoms with E-state index in [0.717, 1.165) is 11.8 Å². The van der Waals surface area contributed by atoms with Gasteiger partial charge in [0.25, 0.3) is 0 Å². The molecular formula is C16H31N. The highest BCUT2D eigenvalue weighted by Crippen LogP contribution is 2.48. The summed E-state index contributed by atoms with van der Waals surface area (Å²) in [4.78, 5) is 0. The van der Waals surface area contributed by atoms with E-state index in [4.69, 9.17) is 5.73 Å². The molecule has 0 amide bonds. The minimum atomic E-state index is 0.486. The third-order valence-corrected chi connectivity index (χ3v) is 5.96. The predicted molar refractivity (Wildman–Crippen MR) is 74.9 cm³/mol. The molecule has 1 heteroatoms. The van der Waals surface area contributed by atoms with E-state index < -0.39 is 0 Å². The van der Waals surface area contributed by atoms with Crippen LogP contribution in [0.15, 0.2) is 0 Å². The quantitative estimate of drug-likeness (QED) is 0.765. The lowest BCUT2D eigenvalue weighted by molar-refractivity contribution is 0.0961. The number of rotatable bonds is 4. The maximum Gasteiger partial charge on any atom is 0.0127 e. The molecule has 2 aliphatic rings. The molecule has 0 radical (unpaired) electrons. The van der Waals surface area contributed by atoms with Crippen LogP contribution in [0.25, 0.3) is 0 Å². The molecule has 2 rings (SSSR count). The van der Waals surface area contributed by atoms with Gasteiger partial charge in [-0.1, -0.05) is 52.4 Å². The van der Waals surface area contributed by atoms with Gasteiger partial charge in [-0.3, -0.25) is 0 Å². The molecule has 2 fully saturated rings. The van der Waals surface area contributed by atoms with Crippen LogP contribution in [0.2, 0.25) is 0 Å². The van der Waals surface area contributed by atoms with Crippen LogP contribution in [0, 0.1) is 17.3 Å². The Hall–Kier alpha value is -0.0400. The van der Waals surface area contributed by atoms with Gasteiger partial charge in [0.15, 0.2) is 0 Å². The van der Waals surface area contributed by atoms with Gasteiger partial charge in [0.2, 0.25) is 0 Å². The van der Waals surface area contributed by atoms with Crippen molar-refractivity contribution in [3.8, 4) is 0 Å². The van der Waals surface area contributed by atoms with Gasteiger partial charge in [-0.05, 0) is 42.9 Å². The molecule has 3 unspecified atom stereocenters. The Kier molecular flexibility index (Phi) is 4.52. The van der Waals surface area contributed by atoms with E-state index >= 15 is 0 Å². The molecule has 0 aromatic rings. The maximum absolute atomic E-state index is 6.77. The van der Waals surface area contributed by atoms with Gasteiger partial charge >= 0.3 is 0 Å². The zero-order valence-electron chi connectivity index (χ0n) is 11.9. The van der Waals surface area contributed by atoms with Crippen LogP contribution in [0.5, 0.6) is 0 Å². The van der Waals surface area contributed by atoms with Gasteiger partial charge in [-0.25, -0.2) is 0 Å². The summed E-state index contributed by atoms with van der Waals surface area (Å²) in [5.74, 6) is 1.74. The fraction of sp³-hybridized carbons (Fsp3) is 1.00. The first kappa shape index (κ1) is 13.4. The highest BCUT2D eigenvalue weighted by molar-refractivity contribution is 4.97. The molecule has 0 aromatic carbocycles. The van der Waals surface area contributed by atoms with E-state index in [-0.39, 0.29) is 0 Å². The highest BCUT2D eigenvalue weighted by Gasteiger charge is 2.43. The molecule has 2 aliphatic carbocycles. The Morgan fingerprint density at radius 1 is 1.06 bits per heavy atom. The molecule has 0 aromatic heterocycles. The SMILES string of the molecule is CCC1CCCCC1C(N)C1(CC)CCCC1. The van der Waals surface area contributed by atoms with E-state index in [2.05, 4.69) is 13.8 Å². The molecule has 0 bridgehead atoms. The van der Waals surface area contributed by atoms with Gasteiger partial charge in [0.1, 0.15) is 0 Å². The second-order valence-electron chi connectivity index (χ2n) is 6.57. The molecule has 0 heterocycles. The Morgan fingerprint density at radius 2 is 1.71 bits per heavy atom. The lowest BCUT2D eigenvalue weighted by atomic mass is 9.64. The summed E-state index contributed by atoms with van der Waals surface area (Å²) in [6, 6.07) is 0.486. The van der Waals surface area contributed by atoms with Crippen LogP contribution in [0.1, 0.15) is 78.1 Å². The third-order valence-electron chi connectivity index (χ3n) is 5.96. The van der Waals surface area contributed by atoms with Crippen molar-refractivity contribution >= 4 is 0 Å². The molecular weight excluding hydrogens is 206 g/mol. The molecule has 0 saturated heterocycles. The average molecular weight is 237 g/mol. The number of nitrogens with two attached hydrogens (primary N) is 1. The molecule has 0 spiro atoms. The highest BCUT2D eigenvalue weighted by atomic mass is 14.7. The van der Waals surface area contributed by atoms with Gasteiger partial charge < -0.3 is 5.73 Å². The Bertz CT molecular complexity index is 230. The first-order valence-corrected chi connectivity index (χ1v) is 7.99. The van der Waals surface area contributed by atoms with Crippen molar-refractivity contribution in [2.75, 3.05) is 0 Å². The second-order valence-corrected chi connectivity index (χ2v) is 6.57. The van der Waals surface area contributed by atoms with E-state index in [1.165, 1.54) is 64.2 Å². The van der Waals surface area contributed by atoms with Crippen molar-refractivity contribution < 1.29 is 0 Å². The van der Waals surface area contributed by atoms with E-state index in [0.29, 0.717) is 11.5 Å². The van der Waals surface area contributed by atoms with Gasteiger partial charge in [0.05, 0.1) is 0 Å². The van der Waals surface area contributed by atoms with Crippen molar-refractivity contribution in [3.05, 3.63) is 0 Å². The maximum atomic E-state index is 6.77. The normalized spacial score (nSPS) is 34.8. The minimum Gasteiger partial charge on any atom is -0.327 e. The first-order valence-electron chi connectivity index (χ1n) is 7.99. The number of hydrogen-bond donors (Lipinski definition) is 1. The van der Waals surface area contributed by atoms with Crippen LogP contribution in [-0.2, 0) is 0 Å². The summed E-state index contributed by atoms with van der Waals surface area (Å²) in [5, 5.41) is 0. The van der Waals surface area contributed by atoms with Crippen molar-refractivity contribution in [3.63, 3.8) is 0 Å². The van der Waals surface area contributed by atoms with Crippen LogP contribution < -0.4 is 5.73 Å². The zero-order valence-corrected chi connectivity index (χ0v) is 11.9. The molecule has 1 nitrogen and oxygen atoms in total. The Morgan fingerprint density at radius 3 is 2.29 bits per heavy atom. The van der Waals surface area contributed by atoms with Crippen LogP contribution in [-0.4, -0.2) is 6.04 Å². The molecule has 2 N–H and O–H groups in total.